The number of carbonyl (C=O) groups is 1. The molecule has 5 nitrogen and oxygen atoms in total. The maximum atomic E-state index is 11.8. The Kier molecular flexibility index (Phi) is 4.59. The minimum Gasteiger partial charge on any atom is -0.344 e. The Balaban J connectivity index is 1.74. The first kappa shape index (κ1) is 13.3. The van der Waals surface area contributed by atoms with E-state index in [-0.39, 0.29) is 11.9 Å². The van der Waals surface area contributed by atoms with Gasteiger partial charge in [-0.2, -0.15) is 0 Å². The largest absolute Gasteiger partial charge is 0.344 e. The monoisotopic (exact) mass is 250 g/mol. The van der Waals surface area contributed by atoms with E-state index in [1.807, 2.05) is 6.92 Å². The third-order valence-corrected chi connectivity index (χ3v) is 3.92. The highest BCUT2D eigenvalue weighted by molar-refractivity contribution is 5.81. The Morgan fingerprint density at radius 2 is 2.11 bits per heavy atom. The van der Waals surface area contributed by atoms with Crippen LogP contribution >= 0.6 is 0 Å². The summed E-state index contributed by atoms with van der Waals surface area (Å²) >= 11 is 0. The van der Waals surface area contributed by atoms with Crippen molar-refractivity contribution in [3.05, 3.63) is 0 Å². The molecule has 1 unspecified atom stereocenters. The van der Waals surface area contributed by atoms with Crippen molar-refractivity contribution in [2.75, 3.05) is 45.8 Å². The molecule has 2 fully saturated rings. The van der Waals surface area contributed by atoms with E-state index in [9.17, 15) is 4.79 Å². The van der Waals surface area contributed by atoms with E-state index in [0.29, 0.717) is 12.6 Å². The van der Waals surface area contributed by atoms with Gasteiger partial charge in [0.25, 0.3) is 0 Å². The van der Waals surface area contributed by atoms with Crippen LogP contribution in [0.3, 0.4) is 0 Å². The van der Waals surface area contributed by atoms with E-state index < -0.39 is 0 Å². The molecule has 18 heavy (non-hydrogen) atoms. The third kappa shape index (κ3) is 3.02. The van der Waals surface area contributed by atoms with Crippen molar-refractivity contribution in [3.8, 4) is 12.3 Å². The molecule has 2 aliphatic rings. The normalized spacial score (nSPS) is 24.0. The Labute approximate surface area is 109 Å². The summed E-state index contributed by atoms with van der Waals surface area (Å²) in [5, 5.41) is 6.04. The molecule has 0 aromatic carbocycles. The summed E-state index contributed by atoms with van der Waals surface area (Å²) in [7, 11) is 0. The molecule has 1 amide bonds. The van der Waals surface area contributed by atoms with Gasteiger partial charge in [-0.05, 0) is 6.92 Å². The van der Waals surface area contributed by atoms with Gasteiger partial charge in [0.15, 0.2) is 0 Å². The summed E-state index contributed by atoms with van der Waals surface area (Å²) in [6, 6.07) is 0.623. The molecule has 2 rings (SSSR count). The number of hydrogen-bond donors (Lipinski definition) is 2. The molecular formula is C13H22N4O. The molecule has 100 valence electrons. The van der Waals surface area contributed by atoms with Gasteiger partial charge in [0.05, 0.1) is 12.6 Å². The van der Waals surface area contributed by atoms with Gasteiger partial charge < -0.3 is 10.6 Å². The lowest BCUT2D eigenvalue weighted by molar-refractivity contribution is -0.126. The average molecular weight is 250 g/mol. The van der Waals surface area contributed by atoms with Crippen LogP contribution in [0.1, 0.15) is 6.92 Å². The van der Waals surface area contributed by atoms with Crippen molar-refractivity contribution in [2.45, 2.75) is 19.0 Å². The molecule has 0 bridgehead atoms. The second-order valence-corrected chi connectivity index (χ2v) is 4.98. The first-order valence-electron chi connectivity index (χ1n) is 6.62. The number of terminal acetylenes is 1. The SMILES string of the molecule is C#CCNC(=O)C(C)N1CCN(C2CNC2)CC1. The zero-order valence-electron chi connectivity index (χ0n) is 11.0. The van der Waals surface area contributed by atoms with Gasteiger partial charge >= 0.3 is 0 Å². The lowest BCUT2D eigenvalue weighted by Crippen LogP contribution is -2.63. The molecule has 0 aromatic rings. The summed E-state index contributed by atoms with van der Waals surface area (Å²) in [6.45, 7) is 8.51. The zero-order valence-corrected chi connectivity index (χ0v) is 11.0. The fourth-order valence-corrected chi connectivity index (χ4v) is 2.47. The Morgan fingerprint density at radius 1 is 1.44 bits per heavy atom. The highest BCUT2D eigenvalue weighted by atomic mass is 16.2. The second-order valence-electron chi connectivity index (χ2n) is 4.98. The molecule has 0 spiro atoms. The van der Waals surface area contributed by atoms with Crippen molar-refractivity contribution in [2.24, 2.45) is 0 Å². The molecule has 2 aliphatic heterocycles. The molecule has 0 aromatic heterocycles. The maximum Gasteiger partial charge on any atom is 0.237 e. The minimum atomic E-state index is -0.0833. The summed E-state index contributed by atoms with van der Waals surface area (Å²) < 4.78 is 0. The number of carbonyl (C=O) groups excluding carboxylic acids is 1. The highest BCUT2D eigenvalue weighted by Gasteiger charge is 2.30. The van der Waals surface area contributed by atoms with E-state index in [2.05, 4.69) is 26.4 Å². The van der Waals surface area contributed by atoms with Gasteiger partial charge in [-0.15, -0.1) is 6.42 Å². The van der Waals surface area contributed by atoms with E-state index in [4.69, 9.17) is 6.42 Å². The van der Waals surface area contributed by atoms with E-state index in [1.54, 1.807) is 0 Å². The van der Waals surface area contributed by atoms with Crippen molar-refractivity contribution < 1.29 is 4.79 Å². The van der Waals surface area contributed by atoms with Gasteiger partial charge in [-0.3, -0.25) is 14.6 Å². The number of nitrogens with one attached hydrogen (secondary N) is 2. The Bertz CT molecular complexity index is 326. The van der Waals surface area contributed by atoms with Gasteiger partial charge in [0, 0.05) is 45.3 Å². The predicted molar refractivity (Wildman–Crippen MR) is 71.1 cm³/mol. The van der Waals surface area contributed by atoms with Crippen LogP contribution < -0.4 is 10.6 Å². The van der Waals surface area contributed by atoms with Crippen LogP contribution in [0.15, 0.2) is 0 Å². The van der Waals surface area contributed by atoms with E-state index in [0.717, 1.165) is 39.3 Å². The van der Waals surface area contributed by atoms with Crippen LogP contribution in [0.4, 0.5) is 0 Å². The van der Waals surface area contributed by atoms with Gasteiger partial charge in [0.2, 0.25) is 5.91 Å². The molecule has 2 heterocycles. The maximum absolute atomic E-state index is 11.8. The van der Waals surface area contributed by atoms with Gasteiger partial charge in [-0.1, -0.05) is 5.92 Å². The van der Waals surface area contributed by atoms with Crippen LogP contribution in [0.2, 0.25) is 0 Å². The number of hydrogen-bond acceptors (Lipinski definition) is 4. The first-order valence-corrected chi connectivity index (χ1v) is 6.62. The number of amides is 1. The standard InChI is InChI=1S/C13H22N4O/c1-3-4-15-13(18)11(2)16-5-7-17(8-6-16)12-9-14-10-12/h1,11-12,14H,4-10H2,2H3,(H,15,18). The van der Waals surface area contributed by atoms with Crippen molar-refractivity contribution in [3.63, 3.8) is 0 Å². The smallest absolute Gasteiger partial charge is 0.237 e. The van der Waals surface area contributed by atoms with Crippen LogP contribution in [-0.4, -0.2) is 73.6 Å². The fraction of sp³-hybridized carbons (Fsp3) is 0.769. The third-order valence-electron chi connectivity index (χ3n) is 3.92. The Hall–Kier alpha value is -1.09. The molecule has 2 saturated heterocycles. The van der Waals surface area contributed by atoms with Gasteiger partial charge in [-0.25, -0.2) is 0 Å². The quantitative estimate of drug-likeness (QED) is 0.610. The van der Waals surface area contributed by atoms with Gasteiger partial charge in [0.1, 0.15) is 0 Å². The molecular weight excluding hydrogens is 228 g/mol. The fourth-order valence-electron chi connectivity index (χ4n) is 2.47. The number of rotatable bonds is 4. The average Bonchev–Trinajstić information content (AvgIpc) is 2.34. The van der Waals surface area contributed by atoms with Crippen molar-refractivity contribution >= 4 is 5.91 Å². The van der Waals surface area contributed by atoms with Crippen molar-refractivity contribution in [1.29, 1.82) is 0 Å². The minimum absolute atomic E-state index is 0.0340. The summed E-state index contributed by atoms with van der Waals surface area (Å²) in [4.78, 5) is 16.6. The van der Waals surface area contributed by atoms with E-state index in [1.165, 1.54) is 0 Å². The lowest BCUT2D eigenvalue weighted by Gasteiger charge is -2.44. The number of nitrogens with zero attached hydrogens (tertiary/aromatic N) is 2. The molecule has 1 atom stereocenters. The van der Waals surface area contributed by atoms with Crippen LogP contribution in [-0.2, 0) is 4.79 Å². The predicted octanol–water partition coefficient (Wildman–Crippen LogP) is -1.29. The number of piperazine rings is 1. The van der Waals surface area contributed by atoms with Crippen LogP contribution in [0.5, 0.6) is 0 Å². The van der Waals surface area contributed by atoms with Crippen molar-refractivity contribution in [1.82, 2.24) is 20.4 Å². The molecule has 2 N–H and O–H groups in total. The second kappa shape index (κ2) is 6.19. The summed E-state index contributed by atoms with van der Waals surface area (Å²) in [5.74, 6) is 2.46. The zero-order chi connectivity index (χ0) is 13.0. The lowest BCUT2D eigenvalue weighted by atomic mass is 10.1. The summed E-state index contributed by atoms with van der Waals surface area (Å²) in [6.07, 6.45) is 5.14. The Morgan fingerprint density at radius 3 is 2.61 bits per heavy atom. The van der Waals surface area contributed by atoms with Crippen LogP contribution in [0, 0.1) is 12.3 Å². The highest BCUT2D eigenvalue weighted by Crippen LogP contribution is 2.11. The molecule has 0 radical (unpaired) electrons. The molecule has 0 saturated carbocycles. The molecule has 0 aliphatic carbocycles. The molecule has 5 heteroatoms. The first-order chi connectivity index (χ1) is 8.72. The van der Waals surface area contributed by atoms with E-state index >= 15 is 0 Å². The summed E-state index contributed by atoms with van der Waals surface area (Å²) in [5.41, 5.74) is 0. The topological polar surface area (TPSA) is 47.6 Å². The van der Waals surface area contributed by atoms with Crippen LogP contribution in [0.25, 0.3) is 0 Å².